The Morgan fingerprint density at radius 1 is 1.41 bits per heavy atom. The molecule has 6 rings (SSSR count). The Morgan fingerprint density at radius 2 is 2.19 bits per heavy atom. The molecule has 1 amide bonds. The molecule has 164 valence electrons. The summed E-state index contributed by atoms with van der Waals surface area (Å²) in [6, 6.07) is 5.51. The highest BCUT2D eigenvalue weighted by molar-refractivity contribution is 7.17. The van der Waals surface area contributed by atoms with E-state index in [0.29, 0.717) is 17.2 Å². The van der Waals surface area contributed by atoms with E-state index in [1.54, 1.807) is 10.9 Å². The largest absolute Gasteiger partial charge is 0.488 e. The summed E-state index contributed by atoms with van der Waals surface area (Å²) in [6.07, 6.45) is 4.71. The van der Waals surface area contributed by atoms with Gasteiger partial charge >= 0.3 is 5.63 Å². The van der Waals surface area contributed by atoms with E-state index in [9.17, 15) is 9.59 Å². The molecule has 3 aromatic rings. The molecule has 3 aromatic heterocycles. The van der Waals surface area contributed by atoms with Gasteiger partial charge < -0.3 is 14.5 Å². The zero-order valence-corrected chi connectivity index (χ0v) is 18.2. The minimum atomic E-state index is -0.758. The molecule has 2 bridgehead atoms. The van der Waals surface area contributed by atoms with Crippen LogP contribution in [-0.2, 0) is 0 Å². The van der Waals surface area contributed by atoms with Crippen molar-refractivity contribution < 1.29 is 13.9 Å². The molecule has 2 N–H and O–H groups in total. The van der Waals surface area contributed by atoms with Gasteiger partial charge in [0.1, 0.15) is 0 Å². The summed E-state index contributed by atoms with van der Waals surface area (Å²) in [5.74, 6) is -0.803. The highest BCUT2D eigenvalue weighted by Gasteiger charge is 2.67. The number of nitriles is 1. The first-order valence-corrected chi connectivity index (χ1v) is 10.7. The second kappa shape index (κ2) is 7.16. The predicted octanol–water partition coefficient (Wildman–Crippen LogP) is 2.49. The monoisotopic (exact) mass is 453 g/mol. The van der Waals surface area contributed by atoms with Gasteiger partial charge in [0.05, 0.1) is 18.9 Å². The summed E-state index contributed by atoms with van der Waals surface area (Å²) in [7, 11) is 1.37. The smallest absolute Gasteiger partial charge is 0.381 e. The van der Waals surface area contributed by atoms with Crippen LogP contribution in [0.4, 0.5) is 10.8 Å². The van der Waals surface area contributed by atoms with Gasteiger partial charge in [0.25, 0.3) is 5.91 Å². The van der Waals surface area contributed by atoms with Gasteiger partial charge in [-0.3, -0.25) is 10.1 Å². The van der Waals surface area contributed by atoms with Crippen molar-refractivity contribution in [3.8, 4) is 17.0 Å². The highest BCUT2D eigenvalue weighted by atomic mass is 32.1. The van der Waals surface area contributed by atoms with Crippen molar-refractivity contribution in [2.45, 2.75) is 38.1 Å². The van der Waals surface area contributed by atoms with Crippen LogP contribution in [0.2, 0.25) is 0 Å². The fourth-order valence-corrected chi connectivity index (χ4v) is 5.49. The molecule has 0 spiro atoms. The van der Waals surface area contributed by atoms with Crippen LogP contribution in [-0.4, -0.2) is 38.5 Å². The average Bonchev–Trinajstić information content (AvgIpc) is 3.33. The zero-order chi connectivity index (χ0) is 22.5. The van der Waals surface area contributed by atoms with Crippen molar-refractivity contribution in [2.75, 3.05) is 17.7 Å². The van der Waals surface area contributed by atoms with Crippen LogP contribution in [0.1, 0.15) is 41.9 Å². The SMILES string of the molecule is COc1c(NC23CC(CC#N)(C2)C3)cc(C(=O)Nc2nnc(-n3nccc3C)s2)oc1=O. The lowest BCUT2D eigenvalue weighted by atomic mass is 9.38. The number of amides is 1. The second-order valence-corrected chi connectivity index (χ2v) is 9.30. The van der Waals surface area contributed by atoms with Gasteiger partial charge in [-0.15, -0.1) is 10.2 Å². The van der Waals surface area contributed by atoms with Gasteiger partial charge in [0.15, 0.2) is 5.76 Å². The lowest BCUT2D eigenvalue weighted by molar-refractivity contribution is -0.112. The minimum Gasteiger partial charge on any atom is -0.488 e. The van der Waals surface area contributed by atoms with E-state index in [1.807, 2.05) is 13.0 Å². The second-order valence-electron chi connectivity index (χ2n) is 8.34. The van der Waals surface area contributed by atoms with Crippen LogP contribution in [0.5, 0.6) is 5.75 Å². The summed E-state index contributed by atoms with van der Waals surface area (Å²) in [5.41, 5.74) is 0.412. The number of anilines is 2. The molecule has 0 saturated heterocycles. The molecule has 0 atom stereocenters. The number of carbonyl (C=O) groups is 1. The number of aromatic nitrogens is 4. The molecule has 0 radical (unpaired) electrons. The summed E-state index contributed by atoms with van der Waals surface area (Å²) in [5, 5.41) is 27.8. The van der Waals surface area contributed by atoms with E-state index in [-0.39, 0.29) is 27.6 Å². The Hall–Kier alpha value is -3.72. The van der Waals surface area contributed by atoms with Gasteiger partial charge in [0, 0.05) is 29.9 Å². The van der Waals surface area contributed by atoms with Crippen molar-refractivity contribution in [2.24, 2.45) is 5.41 Å². The van der Waals surface area contributed by atoms with E-state index in [0.717, 1.165) is 36.3 Å². The maximum absolute atomic E-state index is 12.7. The third-order valence-corrected chi connectivity index (χ3v) is 6.79. The highest BCUT2D eigenvalue weighted by Crippen LogP contribution is 2.70. The molecule has 3 saturated carbocycles. The molecule has 3 aliphatic rings. The van der Waals surface area contributed by atoms with Crippen molar-refractivity contribution in [3.05, 3.63) is 40.2 Å². The van der Waals surface area contributed by atoms with Crippen molar-refractivity contribution >= 4 is 28.1 Å². The van der Waals surface area contributed by atoms with Crippen LogP contribution >= 0.6 is 11.3 Å². The van der Waals surface area contributed by atoms with E-state index in [1.165, 1.54) is 13.2 Å². The van der Waals surface area contributed by atoms with Gasteiger partial charge in [-0.2, -0.15) is 10.4 Å². The number of methoxy groups -OCH3 is 1. The first kappa shape index (κ1) is 20.2. The summed E-state index contributed by atoms with van der Waals surface area (Å²) in [4.78, 5) is 25.2. The topological polar surface area (TPSA) is 148 Å². The fourth-order valence-electron chi connectivity index (χ4n) is 4.73. The summed E-state index contributed by atoms with van der Waals surface area (Å²) >= 11 is 1.14. The van der Waals surface area contributed by atoms with Crippen molar-refractivity contribution in [1.29, 1.82) is 5.26 Å². The lowest BCUT2D eigenvalue weighted by Crippen LogP contribution is -2.70. The van der Waals surface area contributed by atoms with Crippen LogP contribution in [0.3, 0.4) is 0 Å². The van der Waals surface area contributed by atoms with E-state index in [4.69, 9.17) is 14.4 Å². The average molecular weight is 453 g/mol. The molecule has 32 heavy (non-hydrogen) atoms. The van der Waals surface area contributed by atoms with E-state index < -0.39 is 11.5 Å². The van der Waals surface area contributed by atoms with Crippen LogP contribution in [0.25, 0.3) is 5.13 Å². The standard InChI is InChI=1S/C20H19N7O4S/c1-11-3-6-22-27(11)18-26-25-17(32-18)23-15(28)13-7-12(14(30-2)16(29)31-13)24-20-8-19(9-20,10-20)4-5-21/h3,6-7,24H,4,8-10H2,1-2H3,(H,23,25,28). The van der Waals surface area contributed by atoms with Gasteiger partial charge in [-0.05, 0) is 37.7 Å². The number of hydrogen-bond acceptors (Lipinski definition) is 10. The fraction of sp³-hybridized carbons (Fsp3) is 0.400. The van der Waals surface area contributed by atoms with Gasteiger partial charge in [-0.1, -0.05) is 11.3 Å². The molecule has 3 fully saturated rings. The Bertz CT molecular complexity index is 1300. The molecule has 12 heteroatoms. The lowest BCUT2D eigenvalue weighted by Gasteiger charge is -2.70. The summed E-state index contributed by atoms with van der Waals surface area (Å²) in [6.45, 7) is 1.88. The van der Waals surface area contributed by atoms with Crippen LogP contribution < -0.4 is 21.0 Å². The third-order valence-electron chi connectivity index (χ3n) is 5.98. The number of rotatable bonds is 7. The van der Waals surface area contributed by atoms with Gasteiger partial charge in [-0.25, -0.2) is 9.48 Å². The third kappa shape index (κ3) is 3.21. The van der Waals surface area contributed by atoms with E-state index in [2.05, 4.69) is 32.0 Å². The number of carbonyl (C=O) groups excluding carboxylic acids is 1. The first-order valence-electron chi connectivity index (χ1n) is 9.89. The first-order chi connectivity index (χ1) is 15.4. The Balaban J connectivity index is 1.35. The number of hydrogen-bond donors (Lipinski definition) is 2. The molecular weight excluding hydrogens is 434 g/mol. The quantitative estimate of drug-likeness (QED) is 0.550. The van der Waals surface area contributed by atoms with E-state index >= 15 is 0 Å². The zero-order valence-electron chi connectivity index (χ0n) is 17.3. The Kier molecular flexibility index (Phi) is 4.52. The number of nitrogens with zero attached hydrogens (tertiary/aromatic N) is 5. The van der Waals surface area contributed by atoms with Crippen LogP contribution in [0.15, 0.2) is 27.5 Å². The Labute approximate surface area is 186 Å². The number of nitrogens with one attached hydrogen (secondary N) is 2. The molecule has 3 heterocycles. The molecule has 0 unspecified atom stereocenters. The Morgan fingerprint density at radius 3 is 2.84 bits per heavy atom. The van der Waals surface area contributed by atoms with Crippen molar-refractivity contribution in [1.82, 2.24) is 20.0 Å². The predicted molar refractivity (Wildman–Crippen MR) is 114 cm³/mol. The molecule has 0 aliphatic heterocycles. The maximum Gasteiger partial charge on any atom is 0.381 e. The van der Waals surface area contributed by atoms with Crippen LogP contribution in [0, 0.1) is 23.7 Å². The molecular formula is C20H19N7O4S. The number of aryl methyl sites for hydroxylation is 1. The molecule has 0 aromatic carbocycles. The minimum absolute atomic E-state index is 0.00738. The molecule has 11 nitrogen and oxygen atoms in total. The van der Waals surface area contributed by atoms with Gasteiger partial charge in [0.2, 0.25) is 16.0 Å². The maximum atomic E-state index is 12.7. The number of ether oxygens (including phenoxy) is 1. The summed E-state index contributed by atoms with van der Waals surface area (Å²) < 4.78 is 12.0. The molecule has 3 aliphatic carbocycles. The van der Waals surface area contributed by atoms with Crippen molar-refractivity contribution in [3.63, 3.8) is 0 Å². The normalized spacial score (nSPS) is 22.9.